The Morgan fingerprint density at radius 3 is 1.80 bits per heavy atom. The van der Waals surface area contributed by atoms with E-state index >= 15 is 0 Å². The van der Waals surface area contributed by atoms with Gasteiger partial charge in [-0.3, -0.25) is 4.79 Å². The highest BCUT2D eigenvalue weighted by atomic mass is 28.4. The van der Waals surface area contributed by atoms with E-state index < -0.39 is 22.0 Å². The van der Waals surface area contributed by atoms with Crippen molar-refractivity contribution in [3.63, 3.8) is 0 Å². The molecule has 220 valence electrons. The van der Waals surface area contributed by atoms with E-state index in [9.17, 15) is 4.79 Å². The SMILES string of the molecule is COc1ccc(/C(C#CC(C#C[Si](C(C)C)(C(C)C)C(C)C)(O[Si](C)(C)C(C)(C)C)c2ccccc2)=C/C=O)cc1. The summed E-state index contributed by atoms with van der Waals surface area (Å²) < 4.78 is 12.6. The van der Waals surface area contributed by atoms with E-state index in [0.717, 1.165) is 23.2 Å². The van der Waals surface area contributed by atoms with Crippen molar-refractivity contribution in [2.45, 2.75) is 103 Å². The topological polar surface area (TPSA) is 35.5 Å². The molecule has 0 saturated heterocycles. The molecule has 2 aromatic rings. The minimum Gasteiger partial charge on any atom is -0.497 e. The van der Waals surface area contributed by atoms with Crippen molar-refractivity contribution < 1.29 is 14.0 Å². The minimum atomic E-state index is -2.38. The van der Waals surface area contributed by atoms with E-state index in [-0.39, 0.29) is 5.04 Å². The Bertz CT molecular complexity index is 1290. The molecule has 0 aliphatic carbocycles. The van der Waals surface area contributed by atoms with Gasteiger partial charge in [0.05, 0.1) is 7.11 Å². The van der Waals surface area contributed by atoms with Crippen molar-refractivity contribution in [3.8, 4) is 29.1 Å². The molecular weight excluding hydrogens is 537 g/mol. The molecule has 0 fully saturated rings. The van der Waals surface area contributed by atoms with Crippen molar-refractivity contribution in [2.75, 3.05) is 7.11 Å². The molecule has 0 heterocycles. The van der Waals surface area contributed by atoms with Gasteiger partial charge >= 0.3 is 0 Å². The summed E-state index contributed by atoms with van der Waals surface area (Å²) in [4.78, 5) is 11.7. The zero-order valence-electron chi connectivity index (χ0n) is 27.3. The molecule has 0 aromatic heterocycles. The second kappa shape index (κ2) is 13.9. The zero-order chi connectivity index (χ0) is 31.1. The van der Waals surface area contributed by atoms with E-state index in [1.807, 2.05) is 42.5 Å². The second-order valence-corrected chi connectivity index (χ2v) is 23.6. The summed E-state index contributed by atoms with van der Waals surface area (Å²) in [6.45, 7) is 25.1. The average molecular weight is 587 g/mol. The molecule has 1 atom stereocenters. The van der Waals surface area contributed by atoms with Crippen LogP contribution in [0.5, 0.6) is 5.75 Å². The van der Waals surface area contributed by atoms with Gasteiger partial charge < -0.3 is 9.16 Å². The Balaban J connectivity index is 3.00. The molecule has 0 spiro atoms. The molecule has 0 aliphatic rings. The van der Waals surface area contributed by atoms with Crippen LogP contribution in [0.3, 0.4) is 0 Å². The number of methoxy groups -OCH3 is 1. The van der Waals surface area contributed by atoms with E-state index in [1.165, 1.54) is 6.08 Å². The number of benzene rings is 2. The Morgan fingerprint density at radius 1 is 0.829 bits per heavy atom. The maximum absolute atomic E-state index is 11.7. The molecule has 1 unspecified atom stereocenters. The fraction of sp³-hybridized carbons (Fsp3) is 0.472. The summed E-state index contributed by atoms with van der Waals surface area (Å²) in [6, 6.07) is 17.8. The lowest BCUT2D eigenvalue weighted by Crippen LogP contribution is -2.48. The second-order valence-electron chi connectivity index (χ2n) is 13.3. The van der Waals surface area contributed by atoms with Gasteiger partial charge in [-0.2, -0.15) is 0 Å². The lowest BCUT2D eigenvalue weighted by molar-refractivity contribution is -0.104. The first-order valence-corrected chi connectivity index (χ1v) is 19.8. The van der Waals surface area contributed by atoms with Crippen LogP contribution in [-0.4, -0.2) is 29.8 Å². The highest BCUT2D eigenvalue weighted by Gasteiger charge is 2.46. The predicted molar refractivity (Wildman–Crippen MR) is 180 cm³/mol. The number of hydrogen-bond donors (Lipinski definition) is 0. The molecular formula is C36H50O3Si2. The Labute approximate surface area is 252 Å². The van der Waals surface area contributed by atoms with Gasteiger partial charge in [-0.25, -0.2) is 0 Å². The average Bonchev–Trinajstić information content (AvgIpc) is 2.90. The molecule has 0 amide bonds. The first-order valence-electron chi connectivity index (χ1n) is 14.7. The first-order chi connectivity index (χ1) is 19.1. The molecule has 2 aromatic carbocycles. The number of ether oxygens (including phenoxy) is 1. The Kier molecular flexibility index (Phi) is 11.6. The van der Waals surface area contributed by atoms with Crippen LogP contribution in [0.15, 0.2) is 60.7 Å². The molecule has 0 N–H and O–H groups in total. The van der Waals surface area contributed by atoms with Crippen LogP contribution < -0.4 is 4.74 Å². The van der Waals surface area contributed by atoms with Crippen LogP contribution in [0.4, 0.5) is 0 Å². The molecule has 0 bridgehead atoms. The van der Waals surface area contributed by atoms with Crippen LogP contribution in [0.25, 0.3) is 5.57 Å². The maximum Gasteiger partial charge on any atom is 0.207 e. The molecule has 3 nitrogen and oxygen atoms in total. The molecule has 0 aliphatic heterocycles. The summed E-state index contributed by atoms with van der Waals surface area (Å²) in [5.41, 5.74) is 6.55. The number of allylic oxidation sites excluding steroid dienone is 2. The van der Waals surface area contributed by atoms with Crippen molar-refractivity contribution in [3.05, 3.63) is 71.8 Å². The minimum absolute atomic E-state index is 0.0590. The quantitative estimate of drug-likeness (QED) is 0.127. The van der Waals surface area contributed by atoms with Gasteiger partial charge in [0, 0.05) is 11.1 Å². The summed E-state index contributed by atoms with van der Waals surface area (Å²) in [5, 5.41) is -0.0590. The lowest BCUT2D eigenvalue weighted by atomic mass is 9.94. The highest BCUT2D eigenvalue weighted by molar-refractivity contribution is 6.90. The van der Waals surface area contributed by atoms with Gasteiger partial charge in [-0.15, -0.1) is 5.54 Å². The van der Waals surface area contributed by atoms with Crippen molar-refractivity contribution >= 4 is 28.3 Å². The van der Waals surface area contributed by atoms with Crippen LogP contribution in [0.1, 0.15) is 73.4 Å². The Hall–Kier alpha value is -2.84. The van der Waals surface area contributed by atoms with E-state index in [2.05, 4.69) is 111 Å². The lowest BCUT2D eigenvalue weighted by Gasteiger charge is -2.42. The standard InChI is InChI=1S/C36H50O3Si2/c1-28(2)41(29(3)4,30(5)6)27-25-36(33-16-14-13-15-17-33,39-40(11,12)35(7,8)9)24-22-32(23-26-37)31-18-20-34(38-10)21-19-31/h13-21,23,26,28-30H,1-12H3/b32-23+. The third-order valence-electron chi connectivity index (χ3n) is 8.72. The van der Waals surface area contributed by atoms with Gasteiger partial charge in [0.1, 0.15) is 20.1 Å². The fourth-order valence-electron chi connectivity index (χ4n) is 5.33. The molecule has 0 radical (unpaired) electrons. The third kappa shape index (κ3) is 7.92. The van der Waals surface area contributed by atoms with Gasteiger partial charge in [0.15, 0.2) is 8.32 Å². The van der Waals surface area contributed by atoms with E-state index in [1.54, 1.807) is 7.11 Å². The molecule has 2 rings (SSSR count). The van der Waals surface area contributed by atoms with Crippen molar-refractivity contribution in [2.24, 2.45) is 0 Å². The monoisotopic (exact) mass is 586 g/mol. The van der Waals surface area contributed by atoms with Gasteiger partial charge in [0.25, 0.3) is 0 Å². The highest BCUT2D eigenvalue weighted by Crippen LogP contribution is 2.44. The van der Waals surface area contributed by atoms with Gasteiger partial charge in [-0.1, -0.05) is 117 Å². The number of carbonyl (C=O) groups is 1. The van der Waals surface area contributed by atoms with Crippen molar-refractivity contribution in [1.29, 1.82) is 0 Å². The molecule has 5 heteroatoms. The van der Waals surface area contributed by atoms with Gasteiger partial charge in [-0.05, 0) is 64.4 Å². The van der Waals surface area contributed by atoms with Gasteiger partial charge in [0.2, 0.25) is 5.60 Å². The van der Waals surface area contributed by atoms with E-state index in [0.29, 0.717) is 22.2 Å². The summed E-state index contributed by atoms with van der Waals surface area (Å²) in [6.07, 6.45) is 2.30. The number of rotatable bonds is 9. The van der Waals surface area contributed by atoms with E-state index in [4.69, 9.17) is 9.16 Å². The summed E-state index contributed by atoms with van der Waals surface area (Å²) in [7, 11) is -2.86. The first kappa shape index (κ1) is 34.4. The van der Waals surface area contributed by atoms with Crippen LogP contribution in [0, 0.1) is 23.3 Å². The third-order valence-corrected chi connectivity index (χ3v) is 19.4. The number of hydrogen-bond acceptors (Lipinski definition) is 3. The van der Waals surface area contributed by atoms with Crippen LogP contribution >= 0.6 is 0 Å². The molecule has 41 heavy (non-hydrogen) atoms. The summed E-state index contributed by atoms with van der Waals surface area (Å²) in [5.74, 6) is 11.4. The largest absolute Gasteiger partial charge is 0.497 e. The predicted octanol–water partition coefficient (Wildman–Crippen LogP) is 9.42. The normalized spacial score (nSPS) is 14.2. The maximum atomic E-state index is 11.7. The summed E-state index contributed by atoms with van der Waals surface area (Å²) >= 11 is 0. The van der Waals surface area contributed by atoms with Crippen LogP contribution in [-0.2, 0) is 14.8 Å². The number of aldehydes is 1. The zero-order valence-corrected chi connectivity index (χ0v) is 29.3. The molecule has 0 saturated carbocycles. The smallest absolute Gasteiger partial charge is 0.207 e. The van der Waals surface area contributed by atoms with Crippen LogP contribution in [0.2, 0.25) is 34.8 Å². The van der Waals surface area contributed by atoms with Crippen molar-refractivity contribution in [1.82, 2.24) is 0 Å². The fourth-order valence-corrected chi connectivity index (χ4v) is 11.9. The Morgan fingerprint density at radius 2 is 1.37 bits per heavy atom. The number of carbonyl (C=O) groups excluding carboxylic acids is 1.